The van der Waals surface area contributed by atoms with E-state index in [-0.39, 0.29) is 11.2 Å². The monoisotopic (exact) mass is 414 g/mol. The lowest BCUT2D eigenvalue weighted by Crippen LogP contribution is -2.12. The van der Waals surface area contributed by atoms with E-state index < -0.39 is 11.1 Å². The highest BCUT2D eigenvalue weighted by Crippen LogP contribution is 2.35. The molecule has 0 fully saturated rings. The summed E-state index contributed by atoms with van der Waals surface area (Å²) in [6.07, 6.45) is 0. The Hall–Kier alpha value is -1.70. The van der Waals surface area contributed by atoms with E-state index in [1.807, 2.05) is 6.92 Å². The Morgan fingerprint density at radius 3 is 2.81 bits per heavy atom. The number of aromatic nitrogens is 6. The number of aryl methyl sites for hydroxylation is 1. The summed E-state index contributed by atoms with van der Waals surface area (Å²) in [5.74, 6) is 1.37. The van der Waals surface area contributed by atoms with Crippen LogP contribution in [0.4, 0.5) is 10.8 Å². The number of nitrogens with one attached hydrogen (secondary N) is 1. The Morgan fingerprint density at radius 1 is 1.35 bits per heavy atom. The van der Waals surface area contributed by atoms with Crippen molar-refractivity contribution < 1.29 is 8.76 Å². The van der Waals surface area contributed by atoms with Crippen molar-refractivity contribution in [3.63, 3.8) is 0 Å². The molecule has 0 saturated heterocycles. The van der Waals surface area contributed by atoms with Gasteiger partial charge < -0.3 is 4.55 Å². The number of fused-ring (bicyclic) bond motifs is 1. The Kier molecular flexibility index (Phi) is 5.50. The van der Waals surface area contributed by atoms with Gasteiger partial charge in [-0.05, 0) is 6.92 Å². The van der Waals surface area contributed by atoms with Crippen molar-refractivity contribution in [1.82, 2.24) is 29.2 Å². The minimum atomic E-state index is -1.81. The molecule has 0 aliphatic rings. The average molecular weight is 415 g/mol. The van der Waals surface area contributed by atoms with Crippen molar-refractivity contribution in [3.8, 4) is 0 Å². The maximum Gasteiger partial charge on any atom is 0.250 e. The molecule has 3 aromatic rings. The summed E-state index contributed by atoms with van der Waals surface area (Å²) in [7, 11) is 0. The van der Waals surface area contributed by atoms with Gasteiger partial charge in [-0.25, -0.2) is 8.72 Å². The number of thioether (sulfide) groups is 1. The lowest BCUT2D eigenvalue weighted by molar-refractivity contribution is 0.561. The molecule has 26 heavy (non-hydrogen) atoms. The molecule has 3 heterocycles. The van der Waals surface area contributed by atoms with Crippen LogP contribution in [0.3, 0.4) is 0 Å². The predicted octanol–water partition coefficient (Wildman–Crippen LogP) is 3.24. The fourth-order valence-corrected chi connectivity index (χ4v) is 4.17. The summed E-state index contributed by atoms with van der Waals surface area (Å²) in [5.41, 5.74) is 1.96. The van der Waals surface area contributed by atoms with E-state index in [4.69, 9.17) is 4.55 Å². The Balaban J connectivity index is 1.84. The van der Waals surface area contributed by atoms with Crippen molar-refractivity contribution >= 4 is 50.8 Å². The van der Waals surface area contributed by atoms with Crippen LogP contribution in [0, 0.1) is 6.92 Å². The molecule has 2 N–H and O–H groups in total. The van der Waals surface area contributed by atoms with Crippen molar-refractivity contribution in [2.75, 3.05) is 11.5 Å². The summed E-state index contributed by atoms with van der Waals surface area (Å²) in [5, 5.41) is 21.0. The van der Waals surface area contributed by atoms with Gasteiger partial charge in [0.15, 0.2) is 16.8 Å². The summed E-state index contributed by atoms with van der Waals surface area (Å²) >= 11 is 0.615. The van der Waals surface area contributed by atoms with Gasteiger partial charge in [-0.3, -0.25) is 5.10 Å². The number of H-pyrrole nitrogens is 1. The minimum Gasteiger partial charge on any atom is -0.306 e. The second-order valence-electron chi connectivity index (χ2n) is 6.43. The number of hydrogen-bond donors (Lipinski definition) is 2. The minimum absolute atomic E-state index is 0.170. The number of rotatable bonds is 6. The second-order valence-corrected chi connectivity index (χ2v) is 9.27. The van der Waals surface area contributed by atoms with Crippen molar-refractivity contribution in [3.05, 3.63) is 11.5 Å². The van der Waals surface area contributed by atoms with Crippen LogP contribution in [0.25, 0.3) is 5.65 Å². The van der Waals surface area contributed by atoms with Gasteiger partial charge in [0.2, 0.25) is 15.9 Å². The van der Waals surface area contributed by atoms with Crippen molar-refractivity contribution in [2.45, 2.75) is 38.3 Å². The first kappa shape index (κ1) is 19.1. The maximum absolute atomic E-state index is 10.7. The van der Waals surface area contributed by atoms with Gasteiger partial charge >= 0.3 is 0 Å². The fraction of sp³-hybridized carbons (Fsp3) is 0.538. The largest absolute Gasteiger partial charge is 0.306 e. The lowest BCUT2D eigenvalue weighted by atomic mass is 9.91. The molecule has 140 valence electrons. The van der Waals surface area contributed by atoms with Gasteiger partial charge in [-0.1, -0.05) is 32.5 Å². The molecule has 13 heteroatoms. The SMILES string of the molecule is Cc1nnc2c(N=Nc3nc(SCCS(=O)O)ns3)c(C(C)(C)C)[nH]n12. The van der Waals surface area contributed by atoms with Gasteiger partial charge in [-0.15, -0.1) is 20.4 Å². The van der Waals surface area contributed by atoms with Crippen LogP contribution < -0.4 is 0 Å². The Bertz CT molecular complexity index is 968. The quantitative estimate of drug-likeness (QED) is 0.359. The number of nitrogens with zero attached hydrogens (tertiary/aromatic N) is 7. The van der Waals surface area contributed by atoms with Gasteiger partial charge in [-0.2, -0.15) is 9.36 Å². The van der Waals surface area contributed by atoms with Crippen molar-refractivity contribution in [2.24, 2.45) is 10.2 Å². The first-order valence-electron chi connectivity index (χ1n) is 7.65. The van der Waals surface area contributed by atoms with Crippen LogP contribution in [0.15, 0.2) is 15.4 Å². The van der Waals surface area contributed by atoms with E-state index in [9.17, 15) is 4.21 Å². The molecule has 0 aliphatic carbocycles. The van der Waals surface area contributed by atoms with Crippen LogP contribution in [0.2, 0.25) is 0 Å². The zero-order valence-corrected chi connectivity index (χ0v) is 17.1. The molecular weight excluding hydrogens is 396 g/mol. The van der Waals surface area contributed by atoms with Crippen LogP contribution in [-0.4, -0.2) is 49.4 Å². The molecule has 1 atom stereocenters. The molecule has 0 saturated carbocycles. The lowest BCUT2D eigenvalue weighted by Gasteiger charge is -2.16. The molecule has 3 rings (SSSR count). The van der Waals surface area contributed by atoms with E-state index in [1.54, 1.807) is 4.52 Å². The van der Waals surface area contributed by atoms with Crippen LogP contribution >= 0.6 is 23.3 Å². The summed E-state index contributed by atoms with van der Waals surface area (Å²) in [4.78, 5) is 4.26. The zero-order chi connectivity index (χ0) is 18.9. The van der Waals surface area contributed by atoms with E-state index in [2.05, 4.69) is 55.7 Å². The van der Waals surface area contributed by atoms with E-state index in [0.29, 0.717) is 27.4 Å². The third-order valence-electron chi connectivity index (χ3n) is 3.37. The average Bonchev–Trinajstić information content (AvgIpc) is 3.21. The van der Waals surface area contributed by atoms with Crippen LogP contribution in [0.1, 0.15) is 32.3 Å². The molecule has 1 unspecified atom stereocenters. The molecule has 0 spiro atoms. The Labute approximate surface area is 160 Å². The summed E-state index contributed by atoms with van der Waals surface area (Å²) in [6, 6.07) is 0. The van der Waals surface area contributed by atoms with Crippen LogP contribution in [0.5, 0.6) is 0 Å². The molecule has 0 amide bonds. The number of azo groups is 1. The predicted molar refractivity (Wildman–Crippen MR) is 101 cm³/mol. The summed E-state index contributed by atoms with van der Waals surface area (Å²) < 4.78 is 25.4. The van der Waals surface area contributed by atoms with Gasteiger partial charge in [0.1, 0.15) is 5.82 Å². The standard InChI is InChI=1S/C13H18N8O2S3/c1-7-15-17-10-8(9(13(2,3)4)19-21(7)10)16-18-11-14-12(20-25-11)24-5-6-26(22)23/h19H,5-6H2,1-4H3,(H,22,23). The van der Waals surface area contributed by atoms with E-state index in [1.165, 1.54) is 11.8 Å². The molecule has 0 bridgehead atoms. The third kappa shape index (κ3) is 4.16. The number of aromatic amines is 1. The van der Waals surface area contributed by atoms with Gasteiger partial charge in [0.25, 0.3) is 0 Å². The normalized spacial score (nSPS) is 13.9. The maximum atomic E-state index is 10.7. The van der Waals surface area contributed by atoms with E-state index in [0.717, 1.165) is 23.1 Å². The molecule has 0 aromatic carbocycles. The fourth-order valence-electron chi connectivity index (χ4n) is 2.14. The highest BCUT2D eigenvalue weighted by Gasteiger charge is 2.25. The third-order valence-corrected chi connectivity index (χ3v) is 5.75. The molecular formula is C13H18N8O2S3. The highest BCUT2D eigenvalue weighted by molar-refractivity contribution is 7.99. The smallest absolute Gasteiger partial charge is 0.250 e. The van der Waals surface area contributed by atoms with Crippen LogP contribution in [-0.2, 0) is 16.5 Å². The molecule has 0 aliphatic heterocycles. The van der Waals surface area contributed by atoms with E-state index >= 15 is 0 Å². The molecule has 3 aromatic heterocycles. The van der Waals surface area contributed by atoms with Crippen molar-refractivity contribution in [1.29, 1.82) is 0 Å². The first-order valence-corrected chi connectivity index (χ1v) is 10.7. The number of hydrogen-bond acceptors (Lipinski definition) is 9. The summed E-state index contributed by atoms with van der Waals surface area (Å²) in [6.45, 7) is 8.08. The Morgan fingerprint density at radius 2 is 2.12 bits per heavy atom. The van der Waals surface area contributed by atoms with Gasteiger partial charge in [0, 0.05) is 22.7 Å². The topological polar surface area (TPSA) is 134 Å². The molecule has 0 radical (unpaired) electrons. The molecule has 10 nitrogen and oxygen atoms in total. The highest BCUT2D eigenvalue weighted by atomic mass is 32.2. The second kappa shape index (κ2) is 7.50. The first-order chi connectivity index (χ1) is 12.3. The zero-order valence-electron chi connectivity index (χ0n) is 14.6. The van der Waals surface area contributed by atoms with Gasteiger partial charge in [0.05, 0.1) is 11.4 Å².